The Balaban J connectivity index is 2.36. The summed E-state index contributed by atoms with van der Waals surface area (Å²) in [4.78, 5) is 14.8. The minimum Gasteiger partial charge on any atom is -0.497 e. The van der Waals surface area contributed by atoms with Crippen LogP contribution in [-0.2, 0) is 14.6 Å². The zero-order valence-electron chi connectivity index (χ0n) is 17.0. The van der Waals surface area contributed by atoms with Gasteiger partial charge in [0.05, 0.1) is 25.0 Å². The van der Waals surface area contributed by atoms with Gasteiger partial charge in [0.2, 0.25) is 5.91 Å². The minimum absolute atomic E-state index is 0.0406. The van der Waals surface area contributed by atoms with Gasteiger partial charge < -0.3 is 14.1 Å². The van der Waals surface area contributed by atoms with Gasteiger partial charge in [0.15, 0.2) is 8.32 Å². The standard InChI is InChI=1S/C20H30N2O3Si/c1-19(2,3)26(6,7)25-13-11-20(10-12-21)16-14-15(24-5)8-9-17(16)22(4)18(20)23/h8-9,14H,10-11,13H2,1-7H3. The van der Waals surface area contributed by atoms with Crippen molar-refractivity contribution in [3.8, 4) is 11.8 Å². The Labute approximate surface area is 158 Å². The number of hydrogen-bond acceptors (Lipinski definition) is 4. The van der Waals surface area contributed by atoms with E-state index < -0.39 is 13.7 Å². The van der Waals surface area contributed by atoms with Crippen LogP contribution in [0.2, 0.25) is 18.1 Å². The van der Waals surface area contributed by atoms with E-state index in [4.69, 9.17) is 9.16 Å². The van der Waals surface area contributed by atoms with Crippen molar-refractivity contribution >= 4 is 19.9 Å². The molecule has 0 fully saturated rings. The van der Waals surface area contributed by atoms with Crippen LogP contribution in [-0.4, -0.2) is 35.0 Å². The molecule has 142 valence electrons. The van der Waals surface area contributed by atoms with Crippen LogP contribution in [0.3, 0.4) is 0 Å². The van der Waals surface area contributed by atoms with Crippen molar-refractivity contribution < 1.29 is 14.0 Å². The molecule has 1 aliphatic rings. The maximum atomic E-state index is 13.1. The first kappa shape index (κ1) is 20.5. The van der Waals surface area contributed by atoms with E-state index in [1.807, 2.05) is 18.2 Å². The molecule has 0 spiro atoms. The molecule has 1 heterocycles. The third-order valence-corrected chi connectivity index (χ3v) is 10.5. The van der Waals surface area contributed by atoms with E-state index in [0.717, 1.165) is 11.3 Å². The van der Waals surface area contributed by atoms with Gasteiger partial charge >= 0.3 is 0 Å². The number of ether oxygens (including phenoxy) is 1. The van der Waals surface area contributed by atoms with Crippen LogP contribution >= 0.6 is 0 Å². The molecule has 5 nitrogen and oxygen atoms in total. The Morgan fingerprint density at radius 2 is 1.96 bits per heavy atom. The van der Waals surface area contributed by atoms with Crippen LogP contribution in [0.25, 0.3) is 0 Å². The third kappa shape index (κ3) is 3.38. The monoisotopic (exact) mass is 374 g/mol. The zero-order valence-corrected chi connectivity index (χ0v) is 18.0. The van der Waals surface area contributed by atoms with E-state index >= 15 is 0 Å². The van der Waals surface area contributed by atoms with Gasteiger partial charge in [0.1, 0.15) is 5.75 Å². The van der Waals surface area contributed by atoms with Gasteiger partial charge in [-0.05, 0) is 48.3 Å². The van der Waals surface area contributed by atoms with Gasteiger partial charge in [0, 0.05) is 19.3 Å². The Hall–Kier alpha value is -1.84. The van der Waals surface area contributed by atoms with Gasteiger partial charge in [-0.25, -0.2) is 0 Å². The molecular formula is C20H30N2O3Si. The Morgan fingerprint density at radius 1 is 1.31 bits per heavy atom. The van der Waals surface area contributed by atoms with E-state index in [-0.39, 0.29) is 17.4 Å². The summed E-state index contributed by atoms with van der Waals surface area (Å²) in [6.07, 6.45) is 0.633. The highest BCUT2D eigenvalue weighted by Crippen LogP contribution is 2.47. The zero-order chi connectivity index (χ0) is 19.8. The lowest BCUT2D eigenvalue weighted by Crippen LogP contribution is -2.44. The van der Waals surface area contributed by atoms with Gasteiger partial charge in [-0.15, -0.1) is 0 Å². The molecule has 0 radical (unpaired) electrons. The average molecular weight is 375 g/mol. The summed E-state index contributed by atoms with van der Waals surface area (Å²) in [5, 5.41) is 9.56. The van der Waals surface area contributed by atoms with Gasteiger partial charge in [-0.2, -0.15) is 5.26 Å². The van der Waals surface area contributed by atoms with Crippen molar-refractivity contribution in [1.29, 1.82) is 5.26 Å². The van der Waals surface area contributed by atoms with E-state index in [1.54, 1.807) is 19.1 Å². The summed E-state index contributed by atoms with van der Waals surface area (Å²) in [5.41, 5.74) is 0.846. The second-order valence-electron chi connectivity index (χ2n) is 8.52. The summed E-state index contributed by atoms with van der Waals surface area (Å²) in [6, 6.07) is 7.85. The number of fused-ring (bicyclic) bond motifs is 1. The van der Waals surface area contributed by atoms with Crippen molar-refractivity contribution in [2.24, 2.45) is 0 Å². The maximum Gasteiger partial charge on any atom is 0.238 e. The van der Waals surface area contributed by atoms with Crippen molar-refractivity contribution in [2.45, 2.75) is 57.2 Å². The number of carbonyl (C=O) groups excluding carboxylic acids is 1. The predicted molar refractivity (Wildman–Crippen MR) is 106 cm³/mol. The fraction of sp³-hybridized carbons (Fsp3) is 0.600. The van der Waals surface area contributed by atoms with E-state index in [9.17, 15) is 10.1 Å². The van der Waals surface area contributed by atoms with Crippen molar-refractivity contribution in [3.63, 3.8) is 0 Å². The normalized spacial score (nSPS) is 20.1. The SMILES string of the molecule is COc1ccc2c(c1)C(CC#N)(CCO[Si](C)(C)C(C)(C)C)C(=O)N2C. The first-order valence-corrected chi connectivity index (χ1v) is 11.9. The molecular weight excluding hydrogens is 344 g/mol. The van der Waals surface area contributed by atoms with E-state index in [2.05, 4.69) is 39.9 Å². The summed E-state index contributed by atoms with van der Waals surface area (Å²) < 4.78 is 11.7. The summed E-state index contributed by atoms with van der Waals surface area (Å²) >= 11 is 0. The van der Waals surface area contributed by atoms with Crippen LogP contribution in [0.4, 0.5) is 5.69 Å². The second-order valence-corrected chi connectivity index (χ2v) is 13.3. The molecule has 6 heteroatoms. The molecule has 1 aromatic carbocycles. The summed E-state index contributed by atoms with van der Waals surface area (Å²) in [7, 11) is 1.46. The molecule has 1 unspecified atom stereocenters. The number of benzene rings is 1. The summed E-state index contributed by atoms with van der Waals surface area (Å²) in [5.74, 6) is 0.653. The molecule has 26 heavy (non-hydrogen) atoms. The molecule has 0 saturated carbocycles. The van der Waals surface area contributed by atoms with E-state index in [1.165, 1.54) is 0 Å². The molecule has 1 amide bonds. The van der Waals surface area contributed by atoms with Crippen LogP contribution in [0.15, 0.2) is 18.2 Å². The number of rotatable bonds is 6. The number of amides is 1. The first-order chi connectivity index (χ1) is 12.0. The highest BCUT2D eigenvalue weighted by molar-refractivity contribution is 6.74. The number of nitriles is 1. The van der Waals surface area contributed by atoms with Crippen molar-refractivity contribution in [1.82, 2.24) is 0 Å². The number of likely N-dealkylation sites (N-methyl/N-ethyl adjacent to an activating group) is 1. The highest BCUT2D eigenvalue weighted by Gasteiger charge is 2.50. The van der Waals surface area contributed by atoms with Crippen LogP contribution in [0.1, 0.15) is 39.2 Å². The minimum atomic E-state index is -1.91. The van der Waals surface area contributed by atoms with Crippen LogP contribution in [0.5, 0.6) is 5.75 Å². The fourth-order valence-electron chi connectivity index (χ4n) is 3.20. The number of methoxy groups -OCH3 is 1. The molecule has 0 bridgehead atoms. The molecule has 2 rings (SSSR count). The molecule has 1 aromatic rings. The maximum absolute atomic E-state index is 13.1. The van der Waals surface area contributed by atoms with Gasteiger partial charge in [0.25, 0.3) is 0 Å². The van der Waals surface area contributed by atoms with Crippen molar-refractivity contribution in [3.05, 3.63) is 23.8 Å². The number of carbonyl (C=O) groups is 1. The fourth-order valence-corrected chi connectivity index (χ4v) is 4.24. The van der Waals surface area contributed by atoms with Crippen LogP contribution < -0.4 is 9.64 Å². The molecule has 0 aromatic heterocycles. The lowest BCUT2D eigenvalue weighted by molar-refractivity contribution is -0.123. The van der Waals surface area contributed by atoms with Gasteiger partial charge in [-0.3, -0.25) is 4.79 Å². The molecule has 0 aliphatic carbocycles. The number of nitrogens with zero attached hydrogens (tertiary/aromatic N) is 2. The average Bonchev–Trinajstić information content (AvgIpc) is 2.76. The number of hydrogen-bond donors (Lipinski definition) is 0. The third-order valence-electron chi connectivity index (χ3n) is 5.97. The largest absolute Gasteiger partial charge is 0.497 e. The van der Waals surface area contributed by atoms with Crippen LogP contribution in [0, 0.1) is 11.3 Å². The van der Waals surface area contributed by atoms with E-state index in [0.29, 0.717) is 18.8 Å². The predicted octanol–water partition coefficient (Wildman–Crippen LogP) is 4.23. The number of anilines is 1. The lowest BCUT2D eigenvalue weighted by atomic mass is 9.76. The van der Waals surface area contributed by atoms with Crippen molar-refractivity contribution in [2.75, 3.05) is 25.7 Å². The Kier molecular flexibility index (Phi) is 5.55. The second kappa shape index (κ2) is 7.05. The molecule has 0 saturated heterocycles. The summed E-state index contributed by atoms with van der Waals surface area (Å²) in [6.45, 7) is 11.4. The Bertz CT molecular complexity index is 734. The quantitative estimate of drug-likeness (QED) is 0.699. The molecule has 1 atom stereocenters. The highest BCUT2D eigenvalue weighted by atomic mass is 28.4. The molecule has 0 N–H and O–H groups in total. The first-order valence-electron chi connectivity index (χ1n) is 8.98. The molecule has 1 aliphatic heterocycles. The Morgan fingerprint density at radius 3 is 2.50 bits per heavy atom. The smallest absolute Gasteiger partial charge is 0.238 e. The topological polar surface area (TPSA) is 62.6 Å². The lowest BCUT2D eigenvalue weighted by Gasteiger charge is -2.37. The van der Waals surface area contributed by atoms with Gasteiger partial charge in [-0.1, -0.05) is 20.8 Å².